The first-order chi connectivity index (χ1) is 9.65. The second-order valence-corrected chi connectivity index (χ2v) is 5.78. The molecule has 1 amide bonds. The molecule has 1 aliphatic rings. The molecule has 1 unspecified atom stereocenters. The van der Waals surface area contributed by atoms with Gasteiger partial charge in [0.15, 0.2) is 0 Å². The van der Waals surface area contributed by atoms with Gasteiger partial charge in [-0.1, -0.05) is 12.1 Å². The van der Waals surface area contributed by atoms with Crippen molar-refractivity contribution in [1.82, 2.24) is 10.6 Å². The van der Waals surface area contributed by atoms with Crippen molar-refractivity contribution in [3.63, 3.8) is 0 Å². The smallest absolute Gasteiger partial charge is 0.269 e. The van der Waals surface area contributed by atoms with E-state index in [-0.39, 0.29) is 17.6 Å². The largest absolute Gasteiger partial charge is 0.352 e. The summed E-state index contributed by atoms with van der Waals surface area (Å²) in [5.74, 6) is 2.06. The van der Waals surface area contributed by atoms with Gasteiger partial charge in [-0.15, -0.1) is 0 Å². The SMILES string of the molecule is O=C(CC1CSCCN1)NCc1ccc([N+](=O)[O-])cc1. The molecule has 0 aliphatic carbocycles. The highest BCUT2D eigenvalue weighted by Gasteiger charge is 2.16. The van der Waals surface area contributed by atoms with Crippen molar-refractivity contribution in [3.05, 3.63) is 39.9 Å². The number of hydrogen-bond acceptors (Lipinski definition) is 5. The topological polar surface area (TPSA) is 84.3 Å². The molecule has 1 aliphatic heterocycles. The third-order valence-electron chi connectivity index (χ3n) is 3.07. The van der Waals surface area contributed by atoms with Crippen LogP contribution in [0.3, 0.4) is 0 Å². The number of carbonyl (C=O) groups excluding carboxylic acids is 1. The zero-order chi connectivity index (χ0) is 14.4. The first-order valence-corrected chi connectivity index (χ1v) is 7.62. The predicted octanol–water partition coefficient (Wildman–Crippen LogP) is 1.31. The van der Waals surface area contributed by atoms with Gasteiger partial charge in [-0.2, -0.15) is 11.8 Å². The van der Waals surface area contributed by atoms with Crippen LogP contribution in [0.15, 0.2) is 24.3 Å². The number of nitrogens with zero attached hydrogens (tertiary/aromatic N) is 1. The van der Waals surface area contributed by atoms with Crippen LogP contribution in [0.4, 0.5) is 5.69 Å². The molecule has 1 aromatic carbocycles. The summed E-state index contributed by atoms with van der Waals surface area (Å²) in [6.45, 7) is 1.35. The number of carbonyl (C=O) groups is 1. The third kappa shape index (κ3) is 4.50. The van der Waals surface area contributed by atoms with E-state index in [1.807, 2.05) is 11.8 Å². The molecule has 0 radical (unpaired) electrons. The molecule has 20 heavy (non-hydrogen) atoms. The van der Waals surface area contributed by atoms with Crippen molar-refractivity contribution in [3.8, 4) is 0 Å². The Balaban J connectivity index is 1.76. The van der Waals surface area contributed by atoms with Gasteiger partial charge in [0.25, 0.3) is 5.69 Å². The number of rotatable bonds is 5. The van der Waals surface area contributed by atoms with Gasteiger partial charge in [0.2, 0.25) is 5.91 Å². The maximum atomic E-state index is 11.8. The monoisotopic (exact) mass is 295 g/mol. The number of non-ortho nitro benzene ring substituents is 1. The van der Waals surface area contributed by atoms with Crippen molar-refractivity contribution in [2.75, 3.05) is 18.1 Å². The van der Waals surface area contributed by atoms with Crippen LogP contribution in [-0.4, -0.2) is 34.9 Å². The summed E-state index contributed by atoms with van der Waals surface area (Å²) < 4.78 is 0. The van der Waals surface area contributed by atoms with Gasteiger partial charge in [-0.3, -0.25) is 14.9 Å². The van der Waals surface area contributed by atoms with E-state index in [1.165, 1.54) is 12.1 Å². The van der Waals surface area contributed by atoms with E-state index in [0.29, 0.717) is 13.0 Å². The van der Waals surface area contributed by atoms with E-state index in [9.17, 15) is 14.9 Å². The van der Waals surface area contributed by atoms with Gasteiger partial charge in [0.1, 0.15) is 0 Å². The summed E-state index contributed by atoms with van der Waals surface area (Å²) in [5, 5.41) is 16.7. The molecule has 2 rings (SSSR count). The Bertz CT molecular complexity index is 472. The van der Waals surface area contributed by atoms with Crippen LogP contribution in [0.5, 0.6) is 0 Å². The van der Waals surface area contributed by atoms with E-state index < -0.39 is 4.92 Å². The molecule has 108 valence electrons. The van der Waals surface area contributed by atoms with Crippen LogP contribution in [0.1, 0.15) is 12.0 Å². The third-order valence-corrected chi connectivity index (χ3v) is 4.20. The Morgan fingerprint density at radius 3 is 2.80 bits per heavy atom. The quantitative estimate of drug-likeness (QED) is 0.632. The maximum Gasteiger partial charge on any atom is 0.269 e. The van der Waals surface area contributed by atoms with E-state index in [2.05, 4.69) is 10.6 Å². The highest BCUT2D eigenvalue weighted by Crippen LogP contribution is 2.12. The summed E-state index contributed by atoms with van der Waals surface area (Å²) >= 11 is 1.86. The number of nitrogens with one attached hydrogen (secondary N) is 2. The number of nitro benzene ring substituents is 1. The first-order valence-electron chi connectivity index (χ1n) is 6.46. The van der Waals surface area contributed by atoms with E-state index in [0.717, 1.165) is 23.6 Å². The number of amides is 1. The number of thioether (sulfide) groups is 1. The van der Waals surface area contributed by atoms with Crippen LogP contribution in [0.2, 0.25) is 0 Å². The normalized spacial score (nSPS) is 18.5. The average molecular weight is 295 g/mol. The van der Waals surface area contributed by atoms with E-state index in [1.54, 1.807) is 12.1 Å². The highest BCUT2D eigenvalue weighted by molar-refractivity contribution is 7.99. The molecular formula is C13H17N3O3S. The minimum absolute atomic E-state index is 0.00310. The van der Waals surface area contributed by atoms with Gasteiger partial charge in [0, 0.05) is 49.2 Å². The standard InChI is InChI=1S/C13H17N3O3S/c17-13(7-11-9-20-6-5-14-11)15-8-10-1-3-12(4-2-10)16(18)19/h1-4,11,14H,5-9H2,(H,15,17). The van der Waals surface area contributed by atoms with Crippen LogP contribution in [0, 0.1) is 10.1 Å². The van der Waals surface area contributed by atoms with Crippen LogP contribution >= 0.6 is 11.8 Å². The molecule has 0 aromatic heterocycles. The zero-order valence-corrected chi connectivity index (χ0v) is 11.8. The fourth-order valence-electron chi connectivity index (χ4n) is 1.98. The molecule has 0 saturated carbocycles. The van der Waals surface area contributed by atoms with Crippen molar-refractivity contribution in [1.29, 1.82) is 0 Å². The Hall–Kier alpha value is -1.60. The molecule has 1 saturated heterocycles. The molecule has 1 aromatic rings. The minimum Gasteiger partial charge on any atom is -0.352 e. The van der Waals surface area contributed by atoms with Gasteiger partial charge < -0.3 is 10.6 Å². The number of nitro groups is 1. The molecule has 0 spiro atoms. The lowest BCUT2D eigenvalue weighted by Gasteiger charge is -2.22. The fourth-order valence-corrected chi connectivity index (χ4v) is 2.93. The lowest BCUT2D eigenvalue weighted by atomic mass is 10.2. The number of benzene rings is 1. The molecule has 1 atom stereocenters. The Morgan fingerprint density at radius 1 is 1.45 bits per heavy atom. The van der Waals surface area contributed by atoms with Gasteiger partial charge in [-0.05, 0) is 5.56 Å². The van der Waals surface area contributed by atoms with E-state index >= 15 is 0 Å². The van der Waals surface area contributed by atoms with Crippen molar-refractivity contribution < 1.29 is 9.72 Å². The maximum absolute atomic E-state index is 11.8. The Morgan fingerprint density at radius 2 is 2.20 bits per heavy atom. The molecule has 1 fully saturated rings. The molecule has 6 nitrogen and oxygen atoms in total. The zero-order valence-electron chi connectivity index (χ0n) is 11.0. The molecule has 2 N–H and O–H groups in total. The molecule has 1 heterocycles. The molecule has 0 bridgehead atoms. The summed E-state index contributed by atoms with van der Waals surface area (Å²) in [6, 6.07) is 6.45. The molecule has 7 heteroatoms. The highest BCUT2D eigenvalue weighted by atomic mass is 32.2. The summed E-state index contributed by atoms with van der Waals surface area (Å²) in [4.78, 5) is 21.9. The van der Waals surface area contributed by atoms with Crippen molar-refractivity contribution >= 4 is 23.4 Å². The second-order valence-electron chi connectivity index (χ2n) is 4.63. The Labute approximate surface area is 121 Å². The summed E-state index contributed by atoms with van der Waals surface area (Å²) in [6.07, 6.45) is 0.472. The van der Waals surface area contributed by atoms with Crippen LogP contribution < -0.4 is 10.6 Å². The lowest BCUT2D eigenvalue weighted by molar-refractivity contribution is -0.384. The lowest BCUT2D eigenvalue weighted by Crippen LogP contribution is -2.41. The summed E-state index contributed by atoms with van der Waals surface area (Å²) in [5.41, 5.74) is 0.915. The van der Waals surface area contributed by atoms with Gasteiger partial charge in [0.05, 0.1) is 4.92 Å². The number of hydrogen-bond donors (Lipinski definition) is 2. The predicted molar refractivity (Wildman–Crippen MR) is 78.7 cm³/mol. The second kappa shape index (κ2) is 7.25. The average Bonchev–Trinajstić information content (AvgIpc) is 2.46. The van der Waals surface area contributed by atoms with Gasteiger partial charge in [-0.25, -0.2) is 0 Å². The Kier molecular flexibility index (Phi) is 5.37. The fraction of sp³-hybridized carbons (Fsp3) is 0.462. The van der Waals surface area contributed by atoms with Gasteiger partial charge >= 0.3 is 0 Å². The van der Waals surface area contributed by atoms with Crippen LogP contribution in [-0.2, 0) is 11.3 Å². The van der Waals surface area contributed by atoms with Crippen molar-refractivity contribution in [2.45, 2.75) is 19.0 Å². The summed E-state index contributed by atoms with van der Waals surface area (Å²) in [7, 11) is 0. The minimum atomic E-state index is -0.436. The molecular weight excluding hydrogens is 278 g/mol. The van der Waals surface area contributed by atoms with E-state index in [4.69, 9.17) is 0 Å². The first kappa shape index (κ1) is 14.8. The van der Waals surface area contributed by atoms with Crippen molar-refractivity contribution in [2.24, 2.45) is 0 Å². The van der Waals surface area contributed by atoms with Crippen LogP contribution in [0.25, 0.3) is 0 Å².